The van der Waals surface area contributed by atoms with Crippen molar-refractivity contribution in [1.82, 2.24) is 0 Å². The van der Waals surface area contributed by atoms with Crippen LogP contribution >= 0.6 is 0 Å². The summed E-state index contributed by atoms with van der Waals surface area (Å²) < 4.78 is 0. The Hall–Kier alpha value is -1.86. The highest BCUT2D eigenvalue weighted by molar-refractivity contribution is 5.72. The van der Waals surface area contributed by atoms with Crippen LogP contribution in [0.3, 0.4) is 0 Å². The van der Waals surface area contributed by atoms with Gasteiger partial charge in [0, 0.05) is 0 Å². The van der Waals surface area contributed by atoms with E-state index >= 15 is 0 Å². The standard InChI is InChI=1S/C12H13NO3/c1-2-8-3-4-9(6-13)10(5-12(15)16)11(8)7-14/h3-4,14H,2,5,7H2,1H3,(H,15,16). The van der Waals surface area contributed by atoms with Crippen LogP contribution in [-0.2, 0) is 24.2 Å². The number of hydrogen-bond acceptors (Lipinski definition) is 3. The van der Waals surface area contributed by atoms with Crippen LogP contribution in [0, 0.1) is 11.3 Å². The first-order chi connectivity index (χ1) is 7.63. The molecule has 0 unspecified atom stereocenters. The Bertz CT molecular complexity index is 446. The van der Waals surface area contributed by atoms with E-state index in [1.165, 1.54) is 0 Å². The van der Waals surface area contributed by atoms with Gasteiger partial charge in [-0.25, -0.2) is 0 Å². The molecule has 0 radical (unpaired) electrons. The molecule has 0 bridgehead atoms. The highest BCUT2D eigenvalue weighted by atomic mass is 16.4. The maximum Gasteiger partial charge on any atom is 0.307 e. The molecule has 0 aromatic heterocycles. The Morgan fingerprint density at radius 3 is 2.56 bits per heavy atom. The maximum atomic E-state index is 10.7. The predicted molar refractivity (Wildman–Crippen MR) is 57.8 cm³/mol. The summed E-state index contributed by atoms with van der Waals surface area (Å²) in [6.07, 6.45) is 0.473. The lowest BCUT2D eigenvalue weighted by molar-refractivity contribution is -0.136. The number of aliphatic hydroxyl groups excluding tert-OH is 1. The lowest BCUT2D eigenvalue weighted by Gasteiger charge is -2.12. The average molecular weight is 219 g/mol. The molecule has 0 aliphatic rings. The molecule has 1 aromatic carbocycles. The fraction of sp³-hybridized carbons (Fsp3) is 0.333. The number of aliphatic hydroxyl groups is 1. The number of carboxylic acids is 1. The molecule has 0 aliphatic carbocycles. The summed E-state index contributed by atoms with van der Waals surface area (Å²) in [5.41, 5.74) is 2.21. The van der Waals surface area contributed by atoms with Gasteiger partial charge >= 0.3 is 5.97 Å². The van der Waals surface area contributed by atoms with Crippen molar-refractivity contribution in [2.45, 2.75) is 26.4 Å². The van der Waals surface area contributed by atoms with Gasteiger partial charge in [-0.2, -0.15) is 5.26 Å². The molecule has 16 heavy (non-hydrogen) atoms. The van der Waals surface area contributed by atoms with Crippen LogP contribution in [0.5, 0.6) is 0 Å². The summed E-state index contributed by atoms with van der Waals surface area (Å²) in [6, 6.07) is 5.32. The van der Waals surface area contributed by atoms with Crippen molar-refractivity contribution in [3.8, 4) is 6.07 Å². The van der Waals surface area contributed by atoms with Crippen LogP contribution in [0.1, 0.15) is 29.2 Å². The Morgan fingerprint density at radius 1 is 1.44 bits per heavy atom. The Morgan fingerprint density at radius 2 is 2.12 bits per heavy atom. The molecule has 0 heterocycles. The summed E-state index contributed by atoms with van der Waals surface area (Å²) in [6.45, 7) is 1.69. The van der Waals surface area contributed by atoms with Crippen LogP contribution in [0.25, 0.3) is 0 Å². The van der Waals surface area contributed by atoms with E-state index < -0.39 is 5.97 Å². The molecule has 0 fully saturated rings. The SMILES string of the molecule is CCc1ccc(C#N)c(CC(=O)O)c1CO. The smallest absolute Gasteiger partial charge is 0.307 e. The van der Waals surface area contributed by atoms with Gasteiger partial charge in [0.25, 0.3) is 0 Å². The van der Waals surface area contributed by atoms with E-state index in [1.807, 2.05) is 13.0 Å². The molecule has 0 amide bonds. The lowest BCUT2D eigenvalue weighted by Crippen LogP contribution is -2.08. The Balaban J connectivity index is 3.37. The van der Waals surface area contributed by atoms with Crippen molar-refractivity contribution in [3.05, 3.63) is 34.4 Å². The molecule has 0 aliphatic heterocycles. The Kier molecular flexibility index (Phi) is 4.03. The summed E-state index contributed by atoms with van der Waals surface area (Å²) in [7, 11) is 0. The molecule has 2 N–H and O–H groups in total. The molecule has 1 rings (SSSR count). The number of benzene rings is 1. The zero-order valence-corrected chi connectivity index (χ0v) is 9.03. The molecule has 0 spiro atoms. The van der Waals surface area contributed by atoms with E-state index in [4.69, 9.17) is 10.4 Å². The van der Waals surface area contributed by atoms with Gasteiger partial charge in [-0.3, -0.25) is 4.79 Å². The largest absolute Gasteiger partial charge is 0.481 e. The van der Waals surface area contributed by atoms with E-state index in [2.05, 4.69) is 0 Å². The second kappa shape index (κ2) is 5.29. The lowest BCUT2D eigenvalue weighted by atomic mass is 9.93. The topological polar surface area (TPSA) is 81.3 Å². The Labute approximate surface area is 93.8 Å². The molecule has 84 valence electrons. The van der Waals surface area contributed by atoms with E-state index in [9.17, 15) is 9.90 Å². The molecule has 0 atom stereocenters. The van der Waals surface area contributed by atoms with E-state index in [-0.39, 0.29) is 13.0 Å². The zero-order valence-electron chi connectivity index (χ0n) is 9.03. The molecule has 0 saturated carbocycles. The quantitative estimate of drug-likeness (QED) is 0.798. The fourth-order valence-electron chi connectivity index (χ4n) is 1.73. The van der Waals surface area contributed by atoms with Gasteiger partial charge in [0.2, 0.25) is 0 Å². The number of aliphatic carboxylic acids is 1. The molecule has 4 nitrogen and oxygen atoms in total. The van der Waals surface area contributed by atoms with Crippen LogP contribution < -0.4 is 0 Å². The minimum Gasteiger partial charge on any atom is -0.481 e. The zero-order chi connectivity index (χ0) is 12.1. The van der Waals surface area contributed by atoms with Crippen LogP contribution in [-0.4, -0.2) is 16.2 Å². The van der Waals surface area contributed by atoms with Crippen molar-refractivity contribution >= 4 is 5.97 Å². The van der Waals surface area contributed by atoms with Crippen LogP contribution in [0.4, 0.5) is 0 Å². The van der Waals surface area contributed by atoms with Gasteiger partial charge in [-0.05, 0) is 29.2 Å². The fourth-order valence-corrected chi connectivity index (χ4v) is 1.73. The second-order valence-electron chi connectivity index (χ2n) is 3.42. The average Bonchev–Trinajstić information content (AvgIpc) is 2.27. The van der Waals surface area contributed by atoms with Crippen molar-refractivity contribution in [3.63, 3.8) is 0 Å². The maximum absolute atomic E-state index is 10.7. The number of hydrogen-bond donors (Lipinski definition) is 2. The number of carbonyl (C=O) groups is 1. The summed E-state index contributed by atoms with van der Waals surface area (Å²) >= 11 is 0. The first-order valence-corrected chi connectivity index (χ1v) is 5.00. The minimum atomic E-state index is -1.00. The molecule has 4 heteroatoms. The van der Waals surface area contributed by atoms with Crippen molar-refractivity contribution in [2.75, 3.05) is 0 Å². The first-order valence-electron chi connectivity index (χ1n) is 5.00. The number of aryl methyl sites for hydroxylation is 1. The number of rotatable bonds is 4. The van der Waals surface area contributed by atoms with Gasteiger partial charge in [-0.1, -0.05) is 13.0 Å². The predicted octanol–water partition coefficient (Wildman–Crippen LogP) is 1.24. The van der Waals surface area contributed by atoms with Gasteiger partial charge in [0.15, 0.2) is 0 Å². The molecular weight excluding hydrogens is 206 g/mol. The van der Waals surface area contributed by atoms with Crippen molar-refractivity contribution in [2.24, 2.45) is 0 Å². The second-order valence-corrected chi connectivity index (χ2v) is 3.42. The first kappa shape index (κ1) is 12.2. The normalized spacial score (nSPS) is 9.81. The number of nitrogens with zero attached hydrogens (tertiary/aromatic N) is 1. The monoisotopic (exact) mass is 219 g/mol. The van der Waals surface area contributed by atoms with E-state index in [0.717, 1.165) is 5.56 Å². The van der Waals surface area contributed by atoms with Crippen LogP contribution in [0.15, 0.2) is 12.1 Å². The molecule has 1 aromatic rings. The third kappa shape index (κ3) is 2.38. The van der Waals surface area contributed by atoms with Gasteiger partial charge in [-0.15, -0.1) is 0 Å². The number of nitriles is 1. The minimum absolute atomic E-state index is 0.230. The van der Waals surface area contributed by atoms with Gasteiger partial charge in [0.1, 0.15) is 0 Å². The third-order valence-electron chi connectivity index (χ3n) is 2.52. The van der Waals surface area contributed by atoms with Crippen molar-refractivity contribution in [1.29, 1.82) is 5.26 Å². The highest BCUT2D eigenvalue weighted by Gasteiger charge is 2.14. The van der Waals surface area contributed by atoms with Crippen molar-refractivity contribution < 1.29 is 15.0 Å². The summed E-state index contributed by atoms with van der Waals surface area (Å²) in [4.78, 5) is 10.7. The highest BCUT2D eigenvalue weighted by Crippen LogP contribution is 2.20. The van der Waals surface area contributed by atoms with Gasteiger partial charge in [0.05, 0.1) is 24.7 Å². The summed E-state index contributed by atoms with van der Waals surface area (Å²) in [5, 5.41) is 26.9. The molecule has 0 saturated heterocycles. The van der Waals surface area contributed by atoms with Crippen LogP contribution in [0.2, 0.25) is 0 Å². The van der Waals surface area contributed by atoms with E-state index in [0.29, 0.717) is 23.1 Å². The van der Waals surface area contributed by atoms with E-state index in [1.54, 1.807) is 12.1 Å². The molecular formula is C12H13NO3. The third-order valence-corrected chi connectivity index (χ3v) is 2.52. The number of carboxylic acid groups (broad SMARTS) is 1. The summed E-state index contributed by atoms with van der Waals surface area (Å²) in [5.74, 6) is -1.00. The van der Waals surface area contributed by atoms with Gasteiger partial charge < -0.3 is 10.2 Å².